The van der Waals surface area contributed by atoms with Crippen molar-refractivity contribution in [2.24, 2.45) is 0 Å². The Balaban J connectivity index is 0.000000791. The van der Waals surface area contributed by atoms with Crippen molar-refractivity contribution >= 4 is 0 Å². The minimum Gasteiger partial charge on any atom is -0.417 e. The molecule has 3 nitrogen and oxygen atoms in total. The van der Waals surface area contributed by atoms with Crippen molar-refractivity contribution in [3.8, 4) is 0 Å². The number of rotatable bonds is 1. The zero-order valence-electron chi connectivity index (χ0n) is 8.51. The number of aromatic nitrogens is 2. The second kappa shape index (κ2) is 4.97. The van der Waals surface area contributed by atoms with Crippen LogP contribution in [0.25, 0.3) is 0 Å². The van der Waals surface area contributed by atoms with Gasteiger partial charge >= 0.3 is 12.1 Å². The summed E-state index contributed by atoms with van der Waals surface area (Å²) in [4.78, 5) is 0. The third-order valence-electron chi connectivity index (χ3n) is 1.18. The van der Waals surface area contributed by atoms with E-state index in [0.717, 1.165) is 0 Å². The molecule has 0 spiro atoms. The molecule has 1 aromatic rings. The number of halogens is 3. The van der Waals surface area contributed by atoms with Gasteiger partial charge in [0.05, 0.1) is 0 Å². The second-order valence-corrected chi connectivity index (χ2v) is 2.60. The van der Waals surface area contributed by atoms with E-state index in [0.29, 0.717) is 0 Å². The Morgan fingerprint density at radius 2 is 1.64 bits per heavy atom. The first-order valence-electron chi connectivity index (χ1n) is 4.32. The van der Waals surface area contributed by atoms with Gasteiger partial charge in [0.1, 0.15) is 0 Å². The molecule has 82 valence electrons. The van der Waals surface area contributed by atoms with Crippen LogP contribution < -0.4 is 0 Å². The van der Waals surface area contributed by atoms with Gasteiger partial charge in [-0.2, -0.15) is 13.2 Å². The van der Waals surface area contributed by atoms with Crippen LogP contribution in [-0.4, -0.2) is 10.2 Å². The summed E-state index contributed by atoms with van der Waals surface area (Å²) in [5, 5.41) is 6.11. The van der Waals surface area contributed by atoms with Crippen LogP contribution in [0.15, 0.2) is 4.42 Å². The molecule has 0 aliphatic carbocycles. The third kappa shape index (κ3) is 3.35. The molecule has 1 aromatic heterocycles. The van der Waals surface area contributed by atoms with Crippen molar-refractivity contribution in [3.63, 3.8) is 0 Å². The molecule has 0 fully saturated rings. The van der Waals surface area contributed by atoms with Crippen LogP contribution in [-0.2, 0) is 6.18 Å². The van der Waals surface area contributed by atoms with E-state index in [1.165, 1.54) is 0 Å². The average molecular weight is 210 g/mol. The Labute approximate surface area is 80.3 Å². The van der Waals surface area contributed by atoms with Gasteiger partial charge in [0.15, 0.2) is 0 Å². The molecular weight excluding hydrogens is 197 g/mol. The summed E-state index contributed by atoms with van der Waals surface area (Å²) in [7, 11) is 0. The zero-order chi connectivity index (χ0) is 11.4. The van der Waals surface area contributed by atoms with E-state index in [9.17, 15) is 13.2 Å². The average Bonchev–Trinajstić information content (AvgIpc) is 2.54. The summed E-state index contributed by atoms with van der Waals surface area (Å²) in [6.45, 7) is 7.35. The van der Waals surface area contributed by atoms with Crippen LogP contribution in [0.3, 0.4) is 0 Å². The van der Waals surface area contributed by atoms with Gasteiger partial charge in [-0.25, -0.2) is 0 Å². The van der Waals surface area contributed by atoms with Crippen molar-refractivity contribution in [2.75, 3.05) is 0 Å². The molecule has 0 amide bonds. The lowest BCUT2D eigenvalue weighted by atomic mass is 10.2. The highest BCUT2D eigenvalue weighted by Crippen LogP contribution is 2.28. The lowest BCUT2D eigenvalue weighted by Crippen LogP contribution is -2.04. The summed E-state index contributed by atoms with van der Waals surface area (Å²) in [5.41, 5.74) is 0. The SMILES string of the molecule is CC.CC(C)c1nnc(C(F)(F)F)o1. The van der Waals surface area contributed by atoms with E-state index < -0.39 is 12.1 Å². The van der Waals surface area contributed by atoms with E-state index in [-0.39, 0.29) is 11.8 Å². The maximum absolute atomic E-state index is 11.9. The Morgan fingerprint density at radius 1 is 1.14 bits per heavy atom. The van der Waals surface area contributed by atoms with Crippen molar-refractivity contribution in [1.29, 1.82) is 0 Å². The summed E-state index contributed by atoms with van der Waals surface area (Å²) in [5.74, 6) is -1.47. The highest BCUT2D eigenvalue weighted by Gasteiger charge is 2.38. The largest absolute Gasteiger partial charge is 0.470 e. The Hall–Kier alpha value is -1.07. The van der Waals surface area contributed by atoms with Gasteiger partial charge in [-0.05, 0) is 0 Å². The van der Waals surface area contributed by atoms with Gasteiger partial charge in [-0.3, -0.25) is 0 Å². The minimum absolute atomic E-state index is 0.00215. The fourth-order valence-corrected chi connectivity index (χ4v) is 0.582. The summed E-state index contributed by atoms with van der Waals surface area (Å²) in [6.07, 6.45) is -4.54. The Morgan fingerprint density at radius 3 is 1.86 bits per heavy atom. The number of hydrogen-bond donors (Lipinski definition) is 0. The summed E-state index contributed by atoms with van der Waals surface area (Å²) >= 11 is 0. The van der Waals surface area contributed by atoms with Crippen LogP contribution in [0, 0.1) is 0 Å². The van der Waals surface area contributed by atoms with E-state index in [4.69, 9.17) is 0 Å². The molecule has 1 heterocycles. The highest BCUT2D eigenvalue weighted by molar-refractivity contribution is 4.89. The lowest BCUT2D eigenvalue weighted by Gasteiger charge is -1.98. The molecule has 6 heteroatoms. The monoisotopic (exact) mass is 210 g/mol. The quantitative estimate of drug-likeness (QED) is 0.714. The van der Waals surface area contributed by atoms with Gasteiger partial charge in [-0.15, -0.1) is 10.2 Å². The highest BCUT2D eigenvalue weighted by atomic mass is 19.4. The van der Waals surface area contributed by atoms with Crippen molar-refractivity contribution in [2.45, 2.75) is 39.8 Å². The molecular formula is C8H13F3N2O. The van der Waals surface area contributed by atoms with E-state index in [1.807, 2.05) is 13.8 Å². The molecule has 0 saturated carbocycles. The van der Waals surface area contributed by atoms with Gasteiger partial charge in [0.2, 0.25) is 5.89 Å². The first kappa shape index (κ1) is 12.9. The number of hydrogen-bond acceptors (Lipinski definition) is 3. The molecule has 0 aliphatic heterocycles. The van der Waals surface area contributed by atoms with Crippen LogP contribution in [0.4, 0.5) is 13.2 Å². The normalized spacial score (nSPS) is 11.1. The Bertz CT molecular complexity index is 268. The molecule has 0 bridgehead atoms. The predicted molar refractivity (Wildman–Crippen MR) is 44.7 cm³/mol. The van der Waals surface area contributed by atoms with E-state index in [2.05, 4.69) is 14.6 Å². The molecule has 0 atom stereocenters. The smallest absolute Gasteiger partial charge is 0.417 e. The zero-order valence-corrected chi connectivity index (χ0v) is 8.51. The van der Waals surface area contributed by atoms with Gasteiger partial charge in [-0.1, -0.05) is 27.7 Å². The number of nitrogens with zero attached hydrogens (tertiary/aromatic N) is 2. The van der Waals surface area contributed by atoms with Gasteiger partial charge in [0, 0.05) is 5.92 Å². The number of alkyl halides is 3. The Kier molecular flexibility index (Phi) is 4.59. The fourth-order valence-electron chi connectivity index (χ4n) is 0.582. The minimum atomic E-state index is -4.54. The lowest BCUT2D eigenvalue weighted by molar-refractivity contribution is -0.157. The van der Waals surface area contributed by atoms with Crippen LogP contribution in [0.5, 0.6) is 0 Å². The maximum atomic E-state index is 11.9. The molecule has 0 N–H and O–H groups in total. The molecule has 0 aromatic carbocycles. The predicted octanol–water partition coefficient (Wildman–Crippen LogP) is 3.24. The molecule has 0 aliphatic rings. The van der Waals surface area contributed by atoms with Crippen LogP contribution in [0.1, 0.15) is 45.4 Å². The van der Waals surface area contributed by atoms with Crippen molar-refractivity contribution in [1.82, 2.24) is 10.2 Å². The van der Waals surface area contributed by atoms with Gasteiger partial charge < -0.3 is 4.42 Å². The molecule has 0 unspecified atom stereocenters. The van der Waals surface area contributed by atoms with E-state index in [1.54, 1.807) is 13.8 Å². The maximum Gasteiger partial charge on any atom is 0.470 e. The van der Waals surface area contributed by atoms with Crippen molar-refractivity contribution in [3.05, 3.63) is 11.8 Å². The topological polar surface area (TPSA) is 38.9 Å². The van der Waals surface area contributed by atoms with Gasteiger partial charge in [0.25, 0.3) is 0 Å². The summed E-state index contributed by atoms with van der Waals surface area (Å²) in [6, 6.07) is 0. The third-order valence-corrected chi connectivity index (χ3v) is 1.18. The molecule has 0 saturated heterocycles. The second-order valence-electron chi connectivity index (χ2n) is 2.60. The first-order valence-corrected chi connectivity index (χ1v) is 4.32. The molecule has 1 rings (SSSR count). The van der Waals surface area contributed by atoms with Crippen molar-refractivity contribution < 1.29 is 17.6 Å². The van der Waals surface area contributed by atoms with Crippen LogP contribution >= 0.6 is 0 Å². The fraction of sp³-hybridized carbons (Fsp3) is 0.750. The van der Waals surface area contributed by atoms with Crippen LogP contribution in [0.2, 0.25) is 0 Å². The molecule has 14 heavy (non-hydrogen) atoms. The summed E-state index contributed by atoms with van der Waals surface area (Å²) < 4.78 is 40.0. The first-order chi connectivity index (χ1) is 6.41. The molecule has 0 radical (unpaired) electrons. The van der Waals surface area contributed by atoms with E-state index >= 15 is 0 Å². The standard InChI is InChI=1S/C6H7F3N2O.C2H6/c1-3(2)4-10-11-5(12-4)6(7,8)9;1-2/h3H,1-2H3;1-2H3.